The number of nitrogens with zero attached hydrogens (tertiary/aromatic N) is 1. The van der Waals surface area contributed by atoms with E-state index in [0.717, 1.165) is 11.1 Å². The first-order valence-corrected chi connectivity index (χ1v) is 3.62. The average Bonchev–Trinajstić information content (AvgIpc) is 2.10. The van der Waals surface area contributed by atoms with E-state index in [4.69, 9.17) is 12.3 Å². The fourth-order valence-electron chi connectivity index (χ4n) is 1.01. The quantitative estimate of drug-likeness (QED) is 0.378. The van der Waals surface area contributed by atoms with Gasteiger partial charge in [0.05, 0.1) is 0 Å². The first-order chi connectivity index (χ1) is 5.79. The van der Waals surface area contributed by atoms with Crippen molar-refractivity contribution in [1.82, 2.24) is 10.4 Å². The van der Waals surface area contributed by atoms with E-state index in [2.05, 4.69) is 16.3 Å². The maximum Gasteiger partial charge on any atom is 0.108 e. The Hall–Kier alpha value is -1.37. The van der Waals surface area contributed by atoms with Gasteiger partial charge >= 0.3 is 0 Å². The molecule has 0 aliphatic heterocycles. The van der Waals surface area contributed by atoms with Gasteiger partial charge in [0, 0.05) is 18.0 Å². The second-order valence-corrected chi connectivity index (χ2v) is 2.50. The van der Waals surface area contributed by atoms with Crippen LogP contribution in [0.15, 0.2) is 18.5 Å². The van der Waals surface area contributed by atoms with Crippen LogP contribution < -0.4 is 11.3 Å². The zero-order valence-corrected chi connectivity index (χ0v) is 6.91. The Kier molecular flexibility index (Phi) is 2.81. The van der Waals surface area contributed by atoms with Crippen LogP contribution in [-0.2, 0) is 0 Å². The predicted octanol–water partition coefficient (Wildman–Crippen LogP) is 0.528. The molecule has 0 bridgehead atoms. The molecule has 62 valence electrons. The monoisotopic (exact) mass is 161 g/mol. The first-order valence-electron chi connectivity index (χ1n) is 3.62. The van der Waals surface area contributed by atoms with E-state index in [1.807, 2.05) is 13.0 Å². The summed E-state index contributed by atoms with van der Waals surface area (Å²) >= 11 is 0. The molecule has 1 heterocycles. The van der Waals surface area contributed by atoms with Crippen molar-refractivity contribution >= 4 is 0 Å². The molecule has 0 amide bonds. The highest BCUT2D eigenvalue weighted by atomic mass is 15.2. The van der Waals surface area contributed by atoms with Gasteiger partial charge in [-0.15, -0.1) is 6.42 Å². The molecule has 1 atom stereocenters. The van der Waals surface area contributed by atoms with Crippen LogP contribution in [0.2, 0.25) is 0 Å². The summed E-state index contributed by atoms with van der Waals surface area (Å²) in [5.41, 5.74) is 4.57. The van der Waals surface area contributed by atoms with Crippen molar-refractivity contribution in [3.8, 4) is 12.3 Å². The van der Waals surface area contributed by atoms with Crippen molar-refractivity contribution < 1.29 is 0 Å². The topological polar surface area (TPSA) is 50.9 Å². The molecule has 1 rings (SSSR count). The third kappa shape index (κ3) is 1.62. The van der Waals surface area contributed by atoms with Gasteiger partial charge in [-0.1, -0.05) is 5.92 Å². The molecule has 0 saturated heterocycles. The highest BCUT2D eigenvalue weighted by molar-refractivity contribution is 5.29. The summed E-state index contributed by atoms with van der Waals surface area (Å²) in [5.74, 6) is 7.80. The molecule has 1 aromatic rings. The van der Waals surface area contributed by atoms with Crippen LogP contribution in [0.25, 0.3) is 0 Å². The molecule has 1 aromatic heterocycles. The lowest BCUT2D eigenvalue weighted by Gasteiger charge is -2.10. The minimum Gasteiger partial charge on any atom is -0.270 e. The fraction of sp³-hybridized carbons (Fsp3) is 0.222. The molecule has 0 fully saturated rings. The summed E-state index contributed by atoms with van der Waals surface area (Å²) < 4.78 is 0. The molecule has 0 radical (unpaired) electrons. The molecule has 12 heavy (non-hydrogen) atoms. The number of rotatable bonds is 2. The number of hydrogen-bond acceptors (Lipinski definition) is 3. The van der Waals surface area contributed by atoms with Crippen LogP contribution in [0.1, 0.15) is 17.2 Å². The standard InChI is InChI=1S/C9H11N3/c1-3-9(12-10)8-6-11-5-4-7(8)2/h1,4-6,9,12H,10H2,2H3. The van der Waals surface area contributed by atoms with Gasteiger partial charge in [-0.05, 0) is 18.6 Å². The van der Waals surface area contributed by atoms with Crippen molar-refractivity contribution in [2.75, 3.05) is 0 Å². The number of nitrogens with one attached hydrogen (secondary N) is 1. The van der Waals surface area contributed by atoms with Crippen LogP contribution in [0.5, 0.6) is 0 Å². The Morgan fingerprint density at radius 2 is 2.50 bits per heavy atom. The smallest absolute Gasteiger partial charge is 0.108 e. The zero-order valence-electron chi connectivity index (χ0n) is 6.91. The van der Waals surface area contributed by atoms with Gasteiger partial charge < -0.3 is 0 Å². The van der Waals surface area contributed by atoms with E-state index in [9.17, 15) is 0 Å². The molecule has 0 spiro atoms. The van der Waals surface area contributed by atoms with Gasteiger partial charge in [0.15, 0.2) is 0 Å². The van der Waals surface area contributed by atoms with E-state index in [-0.39, 0.29) is 6.04 Å². The summed E-state index contributed by atoms with van der Waals surface area (Å²) in [6.07, 6.45) is 8.71. The van der Waals surface area contributed by atoms with E-state index in [1.54, 1.807) is 12.4 Å². The molecular weight excluding hydrogens is 150 g/mol. The van der Waals surface area contributed by atoms with Crippen LogP contribution in [-0.4, -0.2) is 4.98 Å². The van der Waals surface area contributed by atoms with E-state index in [1.165, 1.54) is 0 Å². The number of nitrogens with two attached hydrogens (primary N) is 1. The van der Waals surface area contributed by atoms with Gasteiger partial charge in [0.2, 0.25) is 0 Å². The molecule has 3 nitrogen and oxygen atoms in total. The Morgan fingerprint density at radius 1 is 1.75 bits per heavy atom. The minimum atomic E-state index is -0.251. The minimum absolute atomic E-state index is 0.251. The van der Waals surface area contributed by atoms with Gasteiger partial charge in [-0.3, -0.25) is 10.8 Å². The van der Waals surface area contributed by atoms with Gasteiger partial charge in [-0.25, -0.2) is 5.43 Å². The molecule has 3 heteroatoms. The Labute approximate surface area is 72.0 Å². The number of aryl methyl sites for hydroxylation is 1. The van der Waals surface area contributed by atoms with Crippen molar-refractivity contribution in [2.45, 2.75) is 13.0 Å². The Balaban J connectivity index is 3.02. The second kappa shape index (κ2) is 3.86. The molecular formula is C9H11N3. The summed E-state index contributed by atoms with van der Waals surface area (Å²) in [6.45, 7) is 1.97. The van der Waals surface area contributed by atoms with E-state index < -0.39 is 0 Å². The highest BCUT2D eigenvalue weighted by Crippen LogP contribution is 2.13. The Morgan fingerprint density at radius 3 is 3.00 bits per heavy atom. The van der Waals surface area contributed by atoms with Gasteiger partial charge in [0.1, 0.15) is 6.04 Å². The van der Waals surface area contributed by atoms with Crippen molar-refractivity contribution in [3.05, 3.63) is 29.6 Å². The van der Waals surface area contributed by atoms with E-state index >= 15 is 0 Å². The largest absolute Gasteiger partial charge is 0.270 e. The molecule has 0 aromatic carbocycles. The summed E-state index contributed by atoms with van der Waals surface area (Å²) in [7, 11) is 0. The summed E-state index contributed by atoms with van der Waals surface area (Å²) in [6, 6.07) is 1.65. The third-order valence-corrected chi connectivity index (χ3v) is 1.72. The lowest BCUT2D eigenvalue weighted by molar-refractivity contribution is 0.667. The summed E-state index contributed by atoms with van der Waals surface area (Å²) in [5, 5.41) is 0. The number of hydrogen-bond donors (Lipinski definition) is 2. The lowest BCUT2D eigenvalue weighted by atomic mass is 10.1. The summed E-state index contributed by atoms with van der Waals surface area (Å²) in [4.78, 5) is 3.97. The van der Waals surface area contributed by atoms with Crippen molar-refractivity contribution in [2.24, 2.45) is 5.84 Å². The predicted molar refractivity (Wildman–Crippen MR) is 47.9 cm³/mol. The SMILES string of the molecule is C#CC(NN)c1cnccc1C. The average molecular weight is 161 g/mol. The zero-order chi connectivity index (χ0) is 8.97. The second-order valence-electron chi connectivity index (χ2n) is 2.50. The van der Waals surface area contributed by atoms with Crippen LogP contribution in [0.4, 0.5) is 0 Å². The molecule has 1 unspecified atom stereocenters. The molecule has 0 saturated carbocycles. The molecule has 0 aliphatic carbocycles. The van der Waals surface area contributed by atoms with Crippen LogP contribution in [0.3, 0.4) is 0 Å². The number of terminal acetylenes is 1. The van der Waals surface area contributed by atoms with E-state index in [0.29, 0.717) is 0 Å². The first kappa shape index (κ1) is 8.72. The maximum atomic E-state index is 5.26. The van der Waals surface area contributed by atoms with Crippen LogP contribution in [0, 0.1) is 19.3 Å². The Bertz CT molecular complexity index is 301. The van der Waals surface area contributed by atoms with Crippen LogP contribution >= 0.6 is 0 Å². The molecule has 0 aliphatic rings. The molecule has 3 N–H and O–H groups in total. The maximum absolute atomic E-state index is 5.26. The highest BCUT2D eigenvalue weighted by Gasteiger charge is 2.07. The normalized spacial score (nSPS) is 12.1. The third-order valence-electron chi connectivity index (χ3n) is 1.72. The van der Waals surface area contributed by atoms with Gasteiger partial charge in [0.25, 0.3) is 0 Å². The van der Waals surface area contributed by atoms with Crippen molar-refractivity contribution in [3.63, 3.8) is 0 Å². The van der Waals surface area contributed by atoms with Crippen molar-refractivity contribution in [1.29, 1.82) is 0 Å². The number of hydrazine groups is 1. The van der Waals surface area contributed by atoms with Gasteiger partial charge in [-0.2, -0.15) is 0 Å². The fourth-order valence-corrected chi connectivity index (χ4v) is 1.01. The number of aromatic nitrogens is 1. The lowest BCUT2D eigenvalue weighted by Crippen LogP contribution is -2.27. The number of pyridine rings is 1.